The summed E-state index contributed by atoms with van der Waals surface area (Å²) in [5.74, 6) is -0.513. The highest BCUT2D eigenvalue weighted by Gasteiger charge is 2.50. The quantitative estimate of drug-likeness (QED) is 0.555. The molecule has 0 aromatic heterocycles. The molecule has 4 rings (SSSR count). The van der Waals surface area contributed by atoms with Crippen LogP contribution in [0.15, 0.2) is 24.3 Å². The molecule has 0 bridgehead atoms. The number of hydrazine groups is 1. The number of imide groups is 1. The third-order valence-electron chi connectivity index (χ3n) is 6.37. The maximum absolute atomic E-state index is 13.0. The summed E-state index contributed by atoms with van der Waals surface area (Å²) in [6, 6.07) is 6.13. The minimum atomic E-state index is -1.33. The Morgan fingerprint density at radius 3 is 2.44 bits per heavy atom. The molecular weight excluding hydrogens is 444 g/mol. The summed E-state index contributed by atoms with van der Waals surface area (Å²) in [5, 5.41) is 3.37. The van der Waals surface area contributed by atoms with Gasteiger partial charge in [-0.3, -0.25) is 19.9 Å². The summed E-state index contributed by atoms with van der Waals surface area (Å²) in [7, 11) is 1.52. The van der Waals surface area contributed by atoms with Crippen molar-refractivity contribution in [1.82, 2.24) is 30.5 Å². The summed E-state index contributed by atoms with van der Waals surface area (Å²) < 4.78 is 10.5. The Balaban J connectivity index is 1.30. The highest BCUT2D eigenvalue weighted by atomic mass is 16.5. The van der Waals surface area contributed by atoms with Gasteiger partial charge in [0.25, 0.3) is 11.8 Å². The number of nitrogens with one attached hydrogen (secondary N) is 2. The maximum Gasteiger partial charge on any atom is 0.344 e. The first-order valence-corrected chi connectivity index (χ1v) is 11.3. The first-order valence-electron chi connectivity index (χ1n) is 11.3. The number of hydrogen-bond donors (Lipinski definition) is 2. The van der Waals surface area contributed by atoms with Crippen molar-refractivity contribution in [3.8, 4) is 5.75 Å². The van der Waals surface area contributed by atoms with Crippen LogP contribution >= 0.6 is 0 Å². The van der Waals surface area contributed by atoms with Crippen molar-refractivity contribution in [3.63, 3.8) is 0 Å². The fraction of sp³-hybridized carbons (Fsp3) is 0.545. The van der Waals surface area contributed by atoms with Crippen LogP contribution < -0.4 is 15.5 Å². The highest BCUT2D eigenvalue weighted by Crippen LogP contribution is 2.30. The van der Waals surface area contributed by atoms with Gasteiger partial charge in [-0.25, -0.2) is 9.59 Å². The van der Waals surface area contributed by atoms with E-state index >= 15 is 0 Å². The van der Waals surface area contributed by atoms with Crippen LogP contribution in [-0.2, 0) is 19.9 Å². The number of urea groups is 2. The number of carbonyl (C=O) groups excluding carboxylic acids is 4. The van der Waals surface area contributed by atoms with E-state index in [1.165, 1.54) is 7.11 Å². The smallest absolute Gasteiger partial charge is 0.344 e. The molecule has 3 aliphatic heterocycles. The molecule has 6 amide bonds. The van der Waals surface area contributed by atoms with Gasteiger partial charge in [0.05, 0.1) is 26.9 Å². The summed E-state index contributed by atoms with van der Waals surface area (Å²) in [5.41, 5.74) is 1.64. The lowest BCUT2D eigenvalue weighted by Crippen LogP contribution is -2.57. The number of ether oxygens (including phenoxy) is 2. The maximum atomic E-state index is 13.0. The number of nitrogens with zero attached hydrogens (tertiary/aromatic N) is 4. The normalized spacial score (nSPS) is 23.6. The molecule has 3 heterocycles. The second-order valence-electron chi connectivity index (χ2n) is 8.61. The summed E-state index contributed by atoms with van der Waals surface area (Å²) in [6.07, 6.45) is 0. The molecule has 12 heteroatoms. The number of piperazine rings is 1. The number of amides is 6. The van der Waals surface area contributed by atoms with Crippen LogP contribution in [0.4, 0.5) is 9.59 Å². The zero-order valence-electron chi connectivity index (χ0n) is 19.4. The zero-order chi connectivity index (χ0) is 24.3. The van der Waals surface area contributed by atoms with Crippen molar-refractivity contribution < 1.29 is 28.7 Å². The van der Waals surface area contributed by atoms with E-state index in [0.29, 0.717) is 63.8 Å². The van der Waals surface area contributed by atoms with Gasteiger partial charge >= 0.3 is 12.1 Å². The summed E-state index contributed by atoms with van der Waals surface area (Å²) in [4.78, 5) is 56.2. The van der Waals surface area contributed by atoms with Crippen LogP contribution in [0.2, 0.25) is 0 Å². The molecule has 0 radical (unpaired) electrons. The van der Waals surface area contributed by atoms with Crippen molar-refractivity contribution in [2.45, 2.75) is 12.5 Å². The largest absolute Gasteiger partial charge is 0.497 e. The van der Waals surface area contributed by atoms with Gasteiger partial charge < -0.3 is 24.6 Å². The number of rotatable bonds is 5. The van der Waals surface area contributed by atoms with Crippen molar-refractivity contribution in [1.29, 1.82) is 0 Å². The molecule has 0 saturated carbocycles. The van der Waals surface area contributed by atoms with Gasteiger partial charge in [-0.2, -0.15) is 5.01 Å². The molecule has 1 aromatic rings. The Hall–Kier alpha value is -3.38. The van der Waals surface area contributed by atoms with Crippen LogP contribution in [0.3, 0.4) is 0 Å². The number of benzene rings is 1. The average molecular weight is 475 g/mol. The Bertz CT molecular complexity index is 959. The average Bonchev–Trinajstić information content (AvgIpc) is 3.08. The Morgan fingerprint density at radius 1 is 1.09 bits per heavy atom. The molecule has 1 aromatic carbocycles. The van der Waals surface area contributed by atoms with Crippen molar-refractivity contribution >= 4 is 23.9 Å². The lowest BCUT2D eigenvalue weighted by atomic mass is 9.92. The lowest BCUT2D eigenvalue weighted by Gasteiger charge is -2.38. The van der Waals surface area contributed by atoms with E-state index in [4.69, 9.17) is 9.47 Å². The van der Waals surface area contributed by atoms with Gasteiger partial charge in [-0.05, 0) is 24.6 Å². The van der Waals surface area contributed by atoms with Gasteiger partial charge in [0.15, 0.2) is 0 Å². The number of carbonyl (C=O) groups is 4. The SMILES string of the molecule is COc1cccc(C2(C)NC(=O)N(NC(=O)CN3CCN(C(=O)N4CCOCC4)CC3)C2=O)c1. The standard InChI is InChI=1S/C22H30N6O6/c1-22(16-4-3-5-17(14-16)33-2)19(30)28(20(31)23-22)24-18(29)15-25-6-8-26(9-7-25)21(32)27-10-12-34-13-11-27/h3-5,14H,6-13,15H2,1-2H3,(H,23,31)(H,24,29). The minimum Gasteiger partial charge on any atom is -0.497 e. The van der Waals surface area contributed by atoms with E-state index in [0.717, 1.165) is 5.01 Å². The van der Waals surface area contributed by atoms with Crippen molar-refractivity contribution in [2.24, 2.45) is 0 Å². The predicted octanol–water partition coefficient (Wildman–Crippen LogP) is -0.437. The zero-order valence-corrected chi connectivity index (χ0v) is 19.4. The molecule has 0 aliphatic carbocycles. The van der Waals surface area contributed by atoms with Gasteiger partial charge in [0, 0.05) is 39.3 Å². The van der Waals surface area contributed by atoms with Crippen LogP contribution in [0.5, 0.6) is 5.75 Å². The molecule has 3 aliphatic rings. The Morgan fingerprint density at radius 2 is 1.76 bits per heavy atom. The third-order valence-corrected chi connectivity index (χ3v) is 6.37. The molecule has 12 nitrogen and oxygen atoms in total. The third kappa shape index (κ3) is 4.77. The number of methoxy groups -OCH3 is 1. The van der Waals surface area contributed by atoms with Gasteiger partial charge in [-0.1, -0.05) is 12.1 Å². The number of hydrogen-bond acceptors (Lipinski definition) is 7. The van der Waals surface area contributed by atoms with Gasteiger partial charge in [-0.15, -0.1) is 0 Å². The monoisotopic (exact) mass is 474 g/mol. The highest BCUT2D eigenvalue weighted by molar-refractivity contribution is 6.08. The summed E-state index contributed by atoms with van der Waals surface area (Å²) >= 11 is 0. The van der Waals surface area contributed by atoms with Crippen LogP contribution in [-0.4, -0.2) is 110 Å². The second-order valence-corrected chi connectivity index (χ2v) is 8.61. The lowest BCUT2D eigenvalue weighted by molar-refractivity contribution is -0.139. The Kier molecular flexibility index (Phi) is 6.89. The van der Waals surface area contributed by atoms with E-state index in [-0.39, 0.29) is 12.6 Å². The Labute approximate surface area is 197 Å². The fourth-order valence-corrected chi connectivity index (χ4v) is 4.29. The molecular formula is C22H30N6O6. The van der Waals surface area contributed by atoms with E-state index < -0.39 is 23.4 Å². The fourth-order valence-electron chi connectivity index (χ4n) is 4.29. The molecule has 0 spiro atoms. The molecule has 1 atom stereocenters. The number of morpholine rings is 1. The van der Waals surface area contributed by atoms with Crippen molar-refractivity contribution in [3.05, 3.63) is 29.8 Å². The van der Waals surface area contributed by atoms with Crippen LogP contribution in [0.1, 0.15) is 12.5 Å². The first kappa shape index (κ1) is 23.8. The molecule has 2 N–H and O–H groups in total. The topological polar surface area (TPSA) is 124 Å². The van der Waals surface area contributed by atoms with Gasteiger partial charge in [0.1, 0.15) is 11.3 Å². The predicted molar refractivity (Wildman–Crippen MR) is 120 cm³/mol. The van der Waals surface area contributed by atoms with E-state index in [1.807, 2.05) is 4.90 Å². The van der Waals surface area contributed by atoms with Gasteiger partial charge in [0.2, 0.25) is 0 Å². The molecule has 1 unspecified atom stereocenters. The molecule has 184 valence electrons. The summed E-state index contributed by atoms with van der Waals surface area (Å²) in [6.45, 7) is 5.89. The molecule has 3 saturated heterocycles. The van der Waals surface area contributed by atoms with Crippen LogP contribution in [0.25, 0.3) is 0 Å². The van der Waals surface area contributed by atoms with Crippen LogP contribution in [0, 0.1) is 0 Å². The van der Waals surface area contributed by atoms with Crippen molar-refractivity contribution in [2.75, 3.05) is 66.1 Å². The molecule has 34 heavy (non-hydrogen) atoms. The van der Waals surface area contributed by atoms with E-state index in [2.05, 4.69) is 10.7 Å². The minimum absolute atomic E-state index is 0.00647. The first-order chi connectivity index (χ1) is 16.3. The molecule has 3 fully saturated rings. The second kappa shape index (κ2) is 9.85. The van der Waals surface area contributed by atoms with E-state index in [1.54, 1.807) is 41.0 Å². The van der Waals surface area contributed by atoms with E-state index in [9.17, 15) is 19.2 Å².